The zero-order chi connectivity index (χ0) is 17.1. The topological polar surface area (TPSA) is 73.7 Å². The van der Waals surface area contributed by atoms with Crippen molar-refractivity contribution in [3.63, 3.8) is 0 Å². The number of nitrogens with zero attached hydrogens (tertiary/aromatic N) is 3. The van der Waals surface area contributed by atoms with E-state index in [1.807, 2.05) is 0 Å². The van der Waals surface area contributed by atoms with Gasteiger partial charge in [-0.25, -0.2) is 9.59 Å². The minimum absolute atomic E-state index is 0.211. The van der Waals surface area contributed by atoms with Crippen LogP contribution in [0.4, 0.5) is 4.79 Å². The third-order valence-electron chi connectivity index (χ3n) is 2.62. The maximum atomic E-state index is 12.0. The van der Waals surface area contributed by atoms with Crippen molar-refractivity contribution >= 4 is 28.0 Å². The van der Waals surface area contributed by atoms with Crippen LogP contribution in [0.25, 0.3) is 0 Å². The summed E-state index contributed by atoms with van der Waals surface area (Å²) in [7, 11) is 3.26. The predicted octanol–water partition coefficient (Wildman–Crippen LogP) is 2.73. The van der Waals surface area contributed by atoms with E-state index < -0.39 is 17.7 Å². The van der Waals surface area contributed by atoms with Crippen molar-refractivity contribution in [3.05, 3.63) is 15.9 Å². The number of esters is 1. The molecular weight excluding hydrogens is 354 g/mol. The minimum atomic E-state index is -0.567. The van der Waals surface area contributed by atoms with Crippen LogP contribution in [-0.4, -0.2) is 46.0 Å². The molecule has 0 atom stereocenters. The van der Waals surface area contributed by atoms with Gasteiger partial charge < -0.3 is 14.4 Å². The van der Waals surface area contributed by atoms with Crippen molar-refractivity contribution in [2.45, 2.75) is 39.8 Å². The molecule has 0 radical (unpaired) electrons. The molecule has 8 heteroatoms. The Labute approximate surface area is 138 Å². The molecule has 0 fully saturated rings. The predicted molar refractivity (Wildman–Crippen MR) is 84.6 cm³/mol. The number of rotatable bonds is 4. The molecule has 1 amide bonds. The normalized spacial score (nSPS) is 11.2. The summed E-state index contributed by atoms with van der Waals surface area (Å²) in [5.74, 6) is -0.462. The summed E-state index contributed by atoms with van der Waals surface area (Å²) in [6.45, 7) is 7.63. The number of amides is 1. The van der Waals surface area contributed by atoms with E-state index in [0.29, 0.717) is 15.9 Å². The first kappa shape index (κ1) is 18.5. The van der Waals surface area contributed by atoms with E-state index in [0.717, 1.165) is 0 Å². The number of aromatic nitrogens is 2. The largest absolute Gasteiger partial charge is 0.461 e. The molecule has 1 aromatic rings. The summed E-state index contributed by atoms with van der Waals surface area (Å²) in [5.41, 5.74) is 0.302. The molecule has 1 aromatic heterocycles. The van der Waals surface area contributed by atoms with Crippen molar-refractivity contribution in [2.24, 2.45) is 7.05 Å². The van der Waals surface area contributed by atoms with Crippen LogP contribution in [-0.2, 0) is 23.1 Å². The molecule has 0 saturated carbocycles. The van der Waals surface area contributed by atoms with Gasteiger partial charge in [0.15, 0.2) is 5.69 Å². The van der Waals surface area contributed by atoms with Crippen LogP contribution >= 0.6 is 15.9 Å². The quantitative estimate of drug-likeness (QED) is 0.756. The van der Waals surface area contributed by atoms with E-state index >= 15 is 0 Å². The van der Waals surface area contributed by atoms with E-state index in [1.54, 1.807) is 41.8 Å². The fourth-order valence-corrected chi connectivity index (χ4v) is 2.33. The molecule has 0 aromatic carbocycles. The first-order chi connectivity index (χ1) is 10.1. The summed E-state index contributed by atoms with van der Waals surface area (Å²) < 4.78 is 12.2. The van der Waals surface area contributed by atoms with Crippen LogP contribution in [0.5, 0.6) is 0 Å². The van der Waals surface area contributed by atoms with Crippen molar-refractivity contribution in [2.75, 3.05) is 13.7 Å². The second kappa shape index (κ2) is 7.13. The van der Waals surface area contributed by atoms with Gasteiger partial charge in [0.05, 0.1) is 23.3 Å². The van der Waals surface area contributed by atoms with Crippen molar-refractivity contribution in [1.82, 2.24) is 14.7 Å². The highest BCUT2D eigenvalue weighted by Crippen LogP contribution is 2.23. The van der Waals surface area contributed by atoms with Gasteiger partial charge in [-0.2, -0.15) is 5.10 Å². The Bertz CT molecular complexity index is 563. The fraction of sp³-hybridized carbons (Fsp3) is 0.643. The summed E-state index contributed by atoms with van der Waals surface area (Å²) in [5, 5.41) is 4.25. The van der Waals surface area contributed by atoms with Crippen LogP contribution in [0.15, 0.2) is 4.47 Å². The van der Waals surface area contributed by atoms with Crippen LogP contribution in [0.1, 0.15) is 43.9 Å². The number of ether oxygens (including phenoxy) is 2. The van der Waals surface area contributed by atoms with E-state index in [1.165, 1.54) is 9.58 Å². The lowest BCUT2D eigenvalue weighted by molar-refractivity contribution is 0.0282. The monoisotopic (exact) mass is 375 g/mol. The number of hydrogen-bond donors (Lipinski definition) is 0. The van der Waals surface area contributed by atoms with Gasteiger partial charge >= 0.3 is 12.1 Å². The summed E-state index contributed by atoms with van der Waals surface area (Å²) in [6.07, 6.45) is -0.456. The molecule has 0 aliphatic carbocycles. The van der Waals surface area contributed by atoms with Gasteiger partial charge in [0, 0.05) is 14.1 Å². The molecule has 0 saturated heterocycles. The highest BCUT2D eigenvalue weighted by molar-refractivity contribution is 9.10. The summed E-state index contributed by atoms with van der Waals surface area (Å²) in [6, 6.07) is 0. The van der Waals surface area contributed by atoms with Crippen LogP contribution < -0.4 is 0 Å². The molecule has 124 valence electrons. The Morgan fingerprint density at radius 3 is 2.45 bits per heavy atom. The molecule has 7 nitrogen and oxygen atoms in total. The van der Waals surface area contributed by atoms with E-state index in [9.17, 15) is 9.59 Å². The Morgan fingerprint density at radius 1 is 1.36 bits per heavy atom. The van der Waals surface area contributed by atoms with Crippen molar-refractivity contribution in [1.29, 1.82) is 0 Å². The highest BCUT2D eigenvalue weighted by Gasteiger charge is 2.25. The molecule has 1 rings (SSSR count). The highest BCUT2D eigenvalue weighted by atomic mass is 79.9. The molecule has 0 unspecified atom stereocenters. The molecule has 0 spiro atoms. The van der Waals surface area contributed by atoms with Gasteiger partial charge in [0.1, 0.15) is 5.60 Å². The van der Waals surface area contributed by atoms with Gasteiger partial charge in [-0.3, -0.25) is 4.68 Å². The van der Waals surface area contributed by atoms with E-state index in [-0.39, 0.29) is 13.2 Å². The summed E-state index contributed by atoms with van der Waals surface area (Å²) >= 11 is 3.35. The number of carbonyl (C=O) groups excluding carboxylic acids is 2. The van der Waals surface area contributed by atoms with E-state index in [2.05, 4.69) is 21.0 Å². The lowest BCUT2D eigenvalue weighted by atomic mass is 10.2. The molecular formula is C14H22BrN3O4. The van der Waals surface area contributed by atoms with Gasteiger partial charge in [-0.05, 0) is 43.6 Å². The van der Waals surface area contributed by atoms with Crippen LogP contribution in [0.2, 0.25) is 0 Å². The average Bonchev–Trinajstić information content (AvgIpc) is 2.62. The number of carbonyl (C=O) groups is 2. The molecule has 22 heavy (non-hydrogen) atoms. The second-order valence-corrected chi connectivity index (χ2v) is 6.58. The molecule has 0 N–H and O–H groups in total. The Morgan fingerprint density at radius 2 is 1.95 bits per heavy atom. The lowest BCUT2D eigenvalue weighted by Crippen LogP contribution is -2.34. The standard InChI is InChI=1S/C14H22BrN3O4/c1-7-21-12(19)11-10(15)9(16-18(11)6)8-17(5)13(20)22-14(2,3)4/h7-8H2,1-6H3. The minimum Gasteiger partial charge on any atom is -0.461 e. The van der Waals surface area contributed by atoms with Crippen molar-refractivity contribution in [3.8, 4) is 0 Å². The number of hydrogen-bond acceptors (Lipinski definition) is 5. The van der Waals surface area contributed by atoms with Crippen LogP contribution in [0, 0.1) is 0 Å². The zero-order valence-electron chi connectivity index (χ0n) is 13.8. The maximum Gasteiger partial charge on any atom is 0.410 e. The third-order valence-corrected chi connectivity index (χ3v) is 3.45. The van der Waals surface area contributed by atoms with Gasteiger partial charge in [-0.15, -0.1) is 0 Å². The van der Waals surface area contributed by atoms with E-state index in [4.69, 9.17) is 9.47 Å². The Hall–Kier alpha value is -1.57. The Balaban J connectivity index is 2.89. The van der Waals surface area contributed by atoms with Gasteiger partial charge in [0.2, 0.25) is 0 Å². The molecule has 1 heterocycles. The SMILES string of the molecule is CCOC(=O)c1c(Br)c(CN(C)C(=O)OC(C)(C)C)nn1C. The van der Waals surface area contributed by atoms with Gasteiger partial charge in [-0.1, -0.05) is 0 Å². The molecule has 0 aliphatic heterocycles. The average molecular weight is 376 g/mol. The number of aryl methyl sites for hydroxylation is 1. The zero-order valence-corrected chi connectivity index (χ0v) is 15.4. The summed E-state index contributed by atoms with van der Waals surface area (Å²) in [4.78, 5) is 25.2. The Kier molecular flexibility index (Phi) is 5.99. The van der Waals surface area contributed by atoms with Crippen LogP contribution in [0.3, 0.4) is 0 Å². The second-order valence-electron chi connectivity index (χ2n) is 5.79. The smallest absolute Gasteiger partial charge is 0.410 e. The molecule has 0 aliphatic rings. The lowest BCUT2D eigenvalue weighted by Gasteiger charge is -2.24. The van der Waals surface area contributed by atoms with Crippen molar-refractivity contribution < 1.29 is 19.1 Å². The third kappa shape index (κ3) is 4.72. The fourth-order valence-electron chi connectivity index (χ4n) is 1.70. The maximum absolute atomic E-state index is 12.0. The van der Waals surface area contributed by atoms with Gasteiger partial charge in [0.25, 0.3) is 0 Å². The molecule has 0 bridgehead atoms. The number of halogens is 1. The first-order valence-electron chi connectivity index (χ1n) is 6.89. The first-order valence-corrected chi connectivity index (χ1v) is 7.68.